The van der Waals surface area contributed by atoms with Gasteiger partial charge in [0.25, 0.3) is 0 Å². The number of carboxylic acid groups (broad SMARTS) is 2. The Bertz CT molecular complexity index is 573. The fraction of sp³-hybridized carbons (Fsp3) is 0.375. The van der Waals surface area contributed by atoms with Crippen LogP contribution in [0.5, 0.6) is 0 Å². The monoisotopic (exact) mass is 336 g/mol. The lowest BCUT2D eigenvalue weighted by Gasteiger charge is -2.18. The second-order valence-electron chi connectivity index (χ2n) is 5.00. The van der Waals surface area contributed by atoms with Crippen LogP contribution in [-0.4, -0.2) is 35.8 Å². The van der Waals surface area contributed by atoms with Crippen molar-refractivity contribution in [2.45, 2.75) is 39.3 Å². The SMILES string of the molecule is CC(=O)NC(C)C(=O)[O-].CC(=O)NC(Cc1ccccc1)C(=O)[O-]. The first kappa shape index (κ1) is 21.1. The quantitative estimate of drug-likeness (QED) is 0.601. The van der Waals surface area contributed by atoms with E-state index in [1.807, 2.05) is 18.2 Å². The van der Waals surface area contributed by atoms with Crippen LogP contribution in [0, 0.1) is 0 Å². The van der Waals surface area contributed by atoms with Crippen molar-refractivity contribution in [1.29, 1.82) is 0 Å². The Balaban J connectivity index is 0.000000506. The first-order valence-electron chi connectivity index (χ1n) is 7.13. The van der Waals surface area contributed by atoms with Crippen molar-refractivity contribution in [3.05, 3.63) is 35.9 Å². The van der Waals surface area contributed by atoms with E-state index in [1.54, 1.807) is 12.1 Å². The Hall–Kier alpha value is -2.90. The first-order valence-corrected chi connectivity index (χ1v) is 7.13. The zero-order chi connectivity index (χ0) is 18.7. The molecule has 8 nitrogen and oxygen atoms in total. The van der Waals surface area contributed by atoms with E-state index in [-0.39, 0.29) is 18.2 Å². The van der Waals surface area contributed by atoms with E-state index in [9.17, 15) is 29.4 Å². The summed E-state index contributed by atoms with van der Waals surface area (Å²) in [5, 5.41) is 25.1. The van der Waals surface area contributed by atoms with Crippen LogP contribution >= 0.6 is 0 Å². The molecule has 0 aliphatic heterocycles. The molecule has 0 aromatic heterocycles. The van der Waals surface area contributed by atoms with Crippen LogP contribution in [0.2, 0.25) is 0 Å². The largest absolute Gasteiger partial charge is 0.548 e. The van der Waals surface area contributed by atoms with E-state index in [2.05, 4.69) is 10.6 Å². The van der Waals surface area contributed by atoms with Gasteiger partial charge in [-0.05, 0) is 18.9 Å². The Kier molecular flexibility index (Phi) is 9.46. The van der Waals surface area contributed by atoms with Crippen LogP contribution in [0.1, 0.15) is 26.3 Å². The molecule has 2 amide bonds. The van der Waals surface area contributed by atoms with Gasteiger partial charge >= 0.3 is 0 Å². The van der Waals surface area contributed by atoms with Gasteiger partial charge in [-0.3, -0.25) is 9.59 Å². The molecule has 0 saturated heterocycles. The third-order valence-electron chi connectivity index (χ3n) is 2.72. The molecule has 132 valence electrons. The summed E-state index contributed by atoms with van der Waals surface area (Å²) in [6, 6.07) is 7.21. The smallest absolute Gasteiger partial charge is 0.217 e. The molecule has 1 aromatic rings. The molecule has 24 heavy (non-hydrogen) atoms. The number of carbonyl (C=O) groups is 4. The van der Waals surface area contributed by atoms with Crippen molar-refractivity contribution in [2.24, 2.45) is 0 Å². The minimum atomic E-state index is -1.27. The highest BCUT2D eigenvalue weighted by Crippen LogP contribution is 2.02. The van der Waals surface area contributed by atoms with Crippen LogP contribution in [0.4, 0.5) is 0 Å². The number of rotatable bonds is 6. The average molecular weight is 336 g/mol. The molecule has 0 saturated carbocycles. The lowest BCUT2D eigenvalue weighted by Crippen LogP contribution is -2.48. The molecule has 8 heteroatoms. The normalized spacial score (nSPS) is 12.0. The van der Waals surface area contributed by atoms with Crippen LogP contribution < -0.4 is 20.8 Å². The van der Waals surface area contributed by atoms with Gasteiger partial charge in [-0.2, -0.15) is 0 Å². The molecule has 0 fully saturated rings. The Morgan fingerprint density at radius 1 is 0.917 bits per heavy atom. The van der Waals surface area contributed by atoms with Crippen LogP contribution in [0.15, 0.2) is 30.3 Å². The third-order valence-corrected chi connectivity index (χ3v) is 2.72. The van der Waals surface area contributed by atoms with Gasteiger partial charge < -0.3 is 30.4 Å². The van der Waals surface area contributed by atoms with Crippen LogP contribution in [0.3, 0.4) is 0 Å². The molecule has 0 radical (unpaired) electrons. The summed E-state index contributed by atoms with van der Waals surface area (Å²) in [7, 11) is 0. The van der Waals surface area contributed by atoms with E-state index >= 15 is 0 Å². The van der Waals surface area contributed by atoms with Crippen molar-refractivity contribution in [3.8, 4) is 0 Å². The lowest BCUT2D eigenvalue weighted by atomic mass is 10.1. The van der Waals surface area contributed by atoms with E-state index < -0.39 is 24.0 Å². The fourth-order valence-corrected chi connectivity index (χ4v) is 1.65. The predicted molar refractivity (Wildman–Crippen MR) is 81.0 cm³/mol. The molecular weight excluding hydrogens is 316 g/mol. The fourth-order valence-electron chi connectivity index (χ4n) is 1.65. The number of amides is 2. The van der Waals surface area contributed by atoms with Crippen molar-refractivity contribution in [1.82, 2.24) is 10.6 Å². The predicted octanol–water partition coefficient (Wildman–Crippen LogP) is -2.26. The van der Waals surface area contributed by atoms with Gasteiger partial charge in [-0.1, -0.05) is 30.3 Å². The molecule has 0 heterocycles. The second-order valence-corrected chi connectivity index (χ2v) is 5.00. The highest BCUT2D eigenvalue weighted by Gasteiger charge is 2.11. The highest BCUT2D eigenvalue weighted by molar-refractivity contribution is 5.81. The standard InChI is InChI=1S/C11H13NO3.C5H9NO3/c1-8(13)12-10(11(14)15)7-9-5-3-2-4-6-9;1-3(5(8)9)6-4(2)7/h2-6,10H,7H2,1H3,(H,12,13)(H,14,15);3H,1-2H3,(H,6,7)(H,8,9)/p-2. The average Bonchev–Trinajstić information content (AvgIpc) is 2.47. The van der Waals surface area contributed by atoms with Gasteiger partial charge in [0.1, 0.15) is 0 Å². The topological polar surface area (TPSA) is 138 Å². The van der Waals surface area contributed by atoms with Crippen LogP contribution in [-0.2, 0) is 25.6 Å². The zero-order valence-corrected chi connectivity index (χ0v) is 13.7. The third kappa shape index (κ3) is 9.93. The van der Waals surface area contributed by atoms with E-state index in [4.69, 9.17) is 0 Å². The van der Waals surface area contributed by atoms with Gasteiger partial charge in [0.15, 0.2) is 0 Å². The van der Waals surface area contributed by atoms with Crippen LogP contribution in [0.25, 0.3) is 0 Å². The van der Waals surface area contributed by atoms with Gasteiger partial charge in [-0.25, -0.2) is 0 Å². The summed E-state index contributed by atoms with van der Waals surface area (Å²) in [4.78, 5) is 41.5. The molecule has 2 unspecified atom stereocenters. The number of hydrogen-bond acceptors (Lipinski definition) is 6. The second kappa shape index (κ2) is 10.8. The van der Waals surface area contributed by atoms with E-state index in [0.717, 1.165) is 5.56 Å². The Labute approximate surface area is 139 Å². The number of carboxylic acids is 2. The molecular formula is C16H20N2O6-2. The minimum absolute atomic E-state index is 0.239. The van der Waals surface area contributed by atoms with Crippen molar-refractivity contribution in [3.63, 3.8) is 0 Å². The summed E-state index contributed by atoms with van der Waals surface area (Å²) >= 11 is 0. The molecule has 2 atom stereocenters. The molecule has 0 aliphatic carbocycles. The molecule has 2 N–H and O–H groups in total. The maximum atomic E-state index is 10.7. The van der Waals surface area contributed by atoms with Gasteiger partial charge in [0.2, 0.25) is 11.8 Å². The van der Waals surface area contributed by atoms with Crippen molar-refractivity contribution in [2.75, 3.05) is 0 Å². The lowest BCUT2D eigenvalue weighted by molar-refractivity contribution is -0.309. The van der Waals surface area contributed by atoms with Crippen molar-refractivity contribution >= 4 is 23.8 Å². The summed E-state index contributed by atoms with van der Waals surface area (Å²) in [6.45, 7) is 3.87. The minimum Gasteiger partial charge on any atom is -0.548 e. The number of aliphatic carboxylic acids is 2. The number of carbonyl (C=O) groups excluding carboxylic acids is 4. The highest BCUT2D eigenvalue weighted by atomic mass is 16.4. The molecule has 0 aliphatic rings. The summed E-state index contributed by atoms with van der Waals surface area (Å²) in [5.41, 5.74) is 0.848. The first-order chi connectivity index (χ1) is 11.1. The van der Waals surface area contributed by atoms with Gasteiger partial charge in [0, 0.05) is 13.8 Å². The van der Waals surface area contributed by atoms with Gasteiger partial charge in [0.05, 0.1) is 24.0 Å². The number of nitrogens with one attached hydrogen (secondary N) is 2. The Morgan fingerprint density at radius 2 is 1.42 bits per heavy atom. The molecule has 0 bridgehead atoms. The summed E-state index contributed by atoms with van der Waals surface area (Å²) in [5.74, 6) is -3.29. The maximum Gasteiger partial charge on any atom is 0.217 e. The number of benzene rings is 1. The Morgan fingerprint density at radius 3 is 1.75 bits per heavy atom. The molecule has 1 aromatic carbocycles. The molecule has 0 spiro atoms. The molecule has 1 rings (SSSR count). The number of hydrogen-bond donors (Lipinski definition) is 2. The summed E-state index contributed by atoms with van der Waals surface area (Å²) < 4.78 is 0. The van der Waals surface area contributed by atoms with Crippen molar-refractivity contribution < 1.29 is 29.4 Å². The van der Waals surface area contributed by atoms with Gasteiger partial charge in [-0.15, -0.1) is 0 Å². The maximum absolute atomic E-state index is 10.7. The summed E-state index contributed by atoms with van der Waals surface area (Å²) in [6.07, 6.45) is 0.239. The van der Waals surface area contributed by atoms with E-state index in [0.29, 0.717) is 0 Å². The van der Waals surface area contributed by atoms with E-state index in [1.165, 1.54) is 20.8 Å². The zero-order valence-electron chi connectivity index (χ0n) is 13.7.